The third kappa shape index (κ3) is 4.33. The number of hydrogen-bond acceptors (Lipinski definition) is 5. The summed E-state index contributed by atoms with van der Waals surface area (Å²) in [6.07, 6.45) is 1.47. The van der Waals surface area contributed by atoms with Crippen LogP contribution in [0.25, 0.3) is 0 Å². The molecule has 1 fully saturated rings. The second kappa shape index (κ2) is 8.43. The maximum absolute atomic E-state index is 14.5. The van der Waals surface area contributed by atoms with Crippen LogP contribution >= 0.6 is 0 Å². The molecule has 0 bridgehead atoms. The maximum atomic E-state index is 14.5. The molecule has 1 aliphatic rings. The Kier molecular flexibility index (Phi) is 5.99. The molecule has 1 aromatic heterocycles. The Morgan fingerprint density at radius 3 is 2.57 bits per heavy atom. The Morgan fingerprint density at radius 2 is 1.93 bits per heavy atom. The Labute approximate surface area is 162 Å². The molecule has 8 heteroatoms. The molecule has 1 aliphatic heterocycles. The topological polar surface area (TPSA) is 84.4 Å². The van der Waals surface area contributed by atoms with Crippen molar-refractivity contribution in [1.82, 2.24) is 14.9 Å². The van der Waals surface area contributed by atoms with Gasteiger partial charge >= 0.3 is 0 Å². The van der Waals surface area contributed by atoms with Crippen LogP contribution in [0.5, 0.6) is 0 Å². The highest BCUT2D eigenvalue weighted by Crippen LogP contribution is 2.20. The molecule has 2 heterocycles. The standard InChI is InChI=1S/C20H23FN4O3/c1-12(2)18-16(11-22-13(3)23-18)19(26)24-14-4-5-15(17(21)10-14)20(27)25-6-8-28-9-7-25/h4-5,10-12H,6-9H2,1-3H3,(H,24,26). The number of aromatic nitrogens is 2. The molecule has 0 radical (unpaired) electrons. The third-order valence-corrected chi connectivity index (χ3v) is 4.49. The van der Waals surface area contributed by atoms with E-state index in [0.29, 0.717) is 43.4 Å². The zero-order valence-corrected chi connectivity index (χ0v) is 16.2. The fourth-order valence-corrected chi connectivity index (χ4v) is 3.00. The Morgan fingerprint density at radius 1 is 1.21 bits per heavy atom. The van der Waals surface area contributed by atoms with Crippen LogP contribution in [0.3, 0.4) is 0 Å². The Balaban J connectivity index is 1.78. The van der Waals surface area contributed by atoms with Crippen LogP contribution in [0.15, 0.2) is 24.4 Å². The molecule has 0 saturated carbocycles. The van der Waals surface area contributed by atoms with Crippen molar-refractivity contribution >= 4 is 17.5 Å². The molecular formula is C20H23FN4O3. The van der Waals surface area contributed by atoms with E-state index in [0.717, 1.165) is 6.07 Å². The van der Waals surface area contributed by atoms with Crippen LogP contribution in [0, 0.1) is 12.7 Å². The first-order valence-electron chi connectivity index (χ1n) is 9.18. The van der Waals surface area contributed by atoms with Crippen LogP contribution in [-0.4, -0.2) is 53.0 Å². The number of carbonyl (C=O) groups is 2. The number of anilines is 1. The van der Waals surface area contributed by atoms with Crippen molar-refractivity contribution in [3.8, 4) is 0 Å². The molecule has 28 heavy (non-hydrogen) atoms. The monoisotopic (exact) mass is 386 g/mol. The number of halogens is 1. The zero-order chi connectivity index (χ0) is 20.3. The van der Waals surface area contributed by atoms with Crippen LogP contribution in [0.2, 0.25) is 0 Å². The van der Waals surface area contributed by atoms with E-state index in [1.54, 1.807) is 11.8 Å². The first-order chi connectivity index (χ1) is 13.4. The number of hydrogen-bond donors (Lipinski definition) is 1. The fourth-order valence-electron chi connectivity index (χ4n) is 3.00. The molecule has 0 atom stereocenters. The smallest absolute Gasteiger partial charge is 0.259 e. The molecule has 7 nitrogen and oxygen atoms in total. The molecule has 0 unspecified atom stereocenters. The Hall–Kier alpha value is -2.87. The summed E-state index contributed by atoms with van der Waals surface area (Å²) in [5, 5.41) is 2.66. The van der Waals surface area contributed by atoms with Gasteiger partial charge in [0.2, 0.25) is 0 Å². The van der Waals surface area contributed by atoms with Crippen molar-refractivity contribution in [2.24, 2.45) is 0 Å². The molecule has 0 aliphatic carbocycles. The van der Waals surface area contributed by atoms with Crippen molar-refractivity contribution in [2.75, 3.05) is 31.6 Å². The SMILES string of the molecule is Cc1ncc(C(=O)Nc2ccc(C(=O)N3CCOCC3)c(F)c2)c(C(C)C)n1. The molecule has 1 aromatic carbocycles. The summed E-state index contributed by atoms with van der Waals surface area (Å²) < 4.78 is 19.7. The van der Waals surface area contributed by atoms with Gasteiger partial charge in [-0.25, -0.2) is 14.4 Å². The molecular weight excluding hydrogens is 363 g/mol. The van der Waals surface area contributed by atoms with Gasteiger partial charge in [-0.15, -0.1) is 0 Å². The van der Waals surface area contributed by atoms with Crippen molar-refractivity contribution in [3.63, 3.8) is 0 Å². The average Bonchev–Trinajstić information content (AvgIpc) is 2.68. The average molecular weight is 386 g/mol. The van der Waals surface area contributed by atoms with E-state index in [-0.39, 0.29) is 23.1 Å². The lowest BCUT2D eigenvalue weighted by molar-refractivity contribution is 0.0300. The number of nitrogens with one attached hydrogen (secondary N) is 1. The largest absolute Gasteiger partial charge is 0.378 e. The molecule has 2 amide bonds. The first kappa shape index (κ1) is 19.9. The van der Waals surface area contributed by atoms with Gasteiger partial charge in [0.1, 0.15) is 11.6 Å². The van der Waals surface area contributed by atoms with E-state index >= 15 is 0 Å². The second-order valence-corrected chi connectivity index (χ2v) is 6.92. The van der Waals surface area contributed by atoms with Gasteiger partial charge in [0, 0.05) is 25.0 Å². The lowest BCUT2D eigenvalue weighted by Crippen LogP contribution is -2.41. The van der Waals surface area contributed by atoms with Crippen molar-refractivity contribution < 1.29 is 18.7 Å². The van der Waals surface area contributed by atoms with Gasteiger partial charge < -0.3 is 15.0 Å². The van der Waals surface area contributed by atoms with E-state index < -0.39 is 11.7 Å². The van der Waals surface area contributed by atoms with Gasteiger partial charge in [0.15, 0.2) is 0 Å². The maximum Gasteiger partial charge on any atom is 0.259 e. The highest BCUT2D eigenvalue weighted by molar-refractivity contribution is 6.05. The summed E-state index contributed by atoms with van der Waals surface area (Å²) in [6, 6.07) is 4.05. The quantitative estimate of drug-likeness (QED) is 0.873. The number of carbonyl (C=O) groups excluding carboxylic acids is 2. The molecule has 1 N–H and O–H groups in total. The van der Waals surface area contributed by atoms with E-state index in [9.17, 15) is 14.0 Å². The van der Waals surface area contributed by atoms with Crippen LogP contribution < -0.4 is 5.32 Å². The number of nitrogens with zero attached hydrogens (tertiary/aromatic N) is 3. The molecule has 2 aromatic rings. The van der Waals surface area contributed by atoms with Crippen molar-refractivity contribution in [2.45, 2.75) is 26.7 Å². The van der Waals surface area contributed by atoms with Crippen LogP contribution in [0.1, 0.15) is 52.0 Å². The minimum absolute atomic E-state index is 0.0264. The predicted octanol–water partition coefficient (Wildman–Crippen LogP) is 2.77. The van der Waals surface area contributed by atoms with Crippen molar-refractivity contribution in [3.05, 3.63) is 52.9 Å². The minimum atomic E-state index is -0.682. The van der Waals surface area contributed by atoms with Gasteiger partial charge in [-0.05, 0) is 31.0 Å². The molecule has 1 saturated heterocycles. The van der Waals surface area contributed by atoms with E-state index in [4.69, 9.17) is 4.74 Å². The predicted molar refractivity (Wildman–Crippen MR) is 102 cm³/mol. The molecule has 0 spiro atoms. The highest BCUT2D eigenvalue weighted by atomic mass is 19.1. The van der Waals surface area contributed by atoms with Crippen LogP contribution in [0.4, 0.5) is 10.1 Å². The second-order valence-electron chi connectivity index (χ2n) is 6.92. The lowest BCUT2D eigenvalue weighted by Gasteiger charge is -2.27. The number of aryl methyl sites for hydroxylation is 1. The number of amides is 2. The summed E-state index contributed by atoms with van der Waals surface area (Å²) in [7, 11) is 0. The van der Waals surface area contributed by atoms with Gasteiger partial charge in [0.25, 0.3) is 11.8 Å². The fraction of sp³-hybridized carbons (Fsp3) is 0.400. The summed E-state index contributed by atoms with van der Waals surface area (Å²) in [6.45, 7) is 7.38. The molecule has 148 valence electrons. The number of benzene rings is 1. The summed E-state index contributed by atoms with van der Waals surface area (Å²) in [5.74, 6) is -0.869. The first-order valence-corrected chi connectivity index (χ1v) is 9.18. The minimum Gasteiger partial charge on any atom is -0.378 e. The number of morpholine rings is 1. The highest BCUT2D eigenvalue weighted by Gasteiger charge is 2.22. The van der Waals surface area contributed by atoms with Crippen molar-refractivity contribution in [1.29, 1.82) is 0 Å². The van der Waals surface area contributed by atoms with Gasteiger partial charge in [0.05, 0.1) is 30.0 Å². The van der Waals surface area contributed by atoms with E-state index in [1.807, 2.05) is 13.8 Å². The van der Waals surface area contributed by atoms with Gasteiger partial charge in [-0.1, -0.05) is 13.8 Å². The molecule has 3 rings (SSSR count). The van der Waals surface area contributed by atoms with Crippen LogP contribution in [-0.2, 0) is 4.74 Å². The zero-order valence-electron chi connectivity index (χ0n) is 16.2. The lowest BCUT2D eigenvalue weighted by atomic mass is 10.0. The van der Waals surface area contributed by atoms with E-state index in [1.165, 1.54) is 18.3 Å². The summed E-state index contributed by atoms with van der Waals surface area (Å²) >= 11 is 0. The number of rotatable bonds is 4. The summed E-state index contributed by atoms with van der Waals surface area (Å²) in [4.78, 5) is 35.1. The normalized spacial score (nSPS) is 14.2. The van der Waals surface area contributed by atoms with Gasteiger partial charge in [-0.2, -0.15) is 0 Å². The van der Waals surface area contributed by atoms with Gasteiger partial charge in [-0.3, -0.25) is 9.59 Å². The number of ether oxygens (including phenoxy) is 1. The third-order valence-electron chi connectivity index (χ3n) is 4.49. The van der Waals surface area contributed by atoms with E-state index in [2.05, 4.69) is 15.3 Å². The Bertz CT molecular complexity index is 895. The summed E-state index contributed by atoms with van der Waals surface area (Å²) in [5.41, 5.74) is 1.21.